The summed E-state index contributed by atoms with van der Waals surface area (Å²) >= 11 is 2.52. The van der Waals surface area contributed by atoms with Gasteiger partial charge in [-0.3, -0.25) is 4.79 Å². The Bertz CT molecular complexity index is 806. The Labute approximate surface area is 147 Å². The van der Waals surface area contributed by atoms with E-state index in [0.29, 0.717) is 15.2 Å². The molecule has 0 aliphatic rings. The number of ketones is 1. The molecular formula is C15H15N5O2S2. The number of nitriles is 1. The third-order valence-electron chi connectivity index (χ3n) is 2.87. The SMILES string of the molecule is COc1ccccc1Nc1nnc(SCC(=O)/C(C#N)=C(/C)N)s1. The van der Waals surface area contributed by atoms with E-state index in [0.717, 1.165) is 5.69 Å². The van der Waals surface area contributed by atoms with Crippen LogP contribution >= 0.6 is 23.1 Å². The van der Waals surface area contributed by atoms with Crippen molar-refractivity contribution < 1.29 is 9.53 Å². The van der Waals surface area contributed by atoms with Crippen LogP contribution in [-0.2, 0) is 4.79 Å². The largest absolute Gasteiger partial charge is 0.495 e. The summed E-state index contributed by atoms with van der Waals surface area (Å²) in [7, 11) is 1.59. The minimum absolute atomic E-state index is 0.0145. The number of hydrogen-bond acceptors (Lipinski definition) is 9. The van der Waals surface area contributed by atoms with E-state index >= 15 is 0 Å². The Kier molecular flexibility index (Phi) is 6.17. The zero-order valence-corrected chi connectivity index (χ0v) is 14.7. The van der Waals surface area contributed by atoms with Crippen LogP contribution < -0.4 is 15.8 Å². The molecule has 1 heterocycles. The van der Waals surface area contributed by atoms with Gasteiger partial charge in [-0.05, 0) is 19.1 Å². The second-order valence-corrected chi connectivity index (χ2v) is 6.78. The van der Waals surface area contributed by atoms with Crippen molar-refractivity contribution in [3.63, 3.8) is 0 Å². The fraction of sp³-hybridized carbons (Fsp3) is 0.200. The zero-order chi connectivity index (χ0) is 17.5. The number of nitrogens with zero attached hydrogens (tertiary/aromatic N) is 3. The van der Waals surface area contributed by atoms with Crippen LogP contribution in [0, 0.1) is 11.3 Å². The van der Waals surface area contributed by atoms with Gasteiger partial charge in [0.1, 0.15) is 17.4 Å². The van der Waals surface area contributed by atoms with Crippen LogP contribution in [0.15, 0.2) is 39.9 Å². The van der Waals surface area contributed by atoms with E-state index in [1.165, 1.54) is 30.0 Å². The van der Waals surface area contributed by atoms with E-state index in [1.807, 2.05) is 30.3 Å². The number of ether oxygens (including phenoxy) is 1. The molecule has 0 bridgehead atoms. The van der Waals surface area contributed by atoms with Crippen molar-refractivity contribution in [2.24, 2.45) is 5.73 Å². The Morgan fingerprint density at radius 1 is 1.46 bits per heavy atom. The maximum Gasteiger partial charge on any atom is 0.210 e. The zero-order valence-electron chi connectivity index (χ0n) is 13.1. The van der Waals surface area contributed by atoms with E-state index in [9.17, 15) is 4.79 Å². The highest BCUT2D eigenvalue weighted by Gasteiger charge is 2.14. The topological polar surface area (TPSA) is 114 Å². The second-order valence-electron chi connectivity index (χ2n) is 4.58. The van der Waals surface area contributed by atoms with E-state index in [4.69, 9.17) is 15.7 Å². The van der Waals surface area contributed by atoms with Crippen LogP contribution in [-0.4, -0.2) is 28.8 Å². The third-order valence-corrected chi connectivity index (χ3v) is 4.84. The number of nitrogens with one attached hydrogen (secondary N) is 1. The van der Waals surface area contributed by atoms with Crippen LogP contribution in [0.5, 0.6) is 5.75 Å². The Hall–Kier alpha value is -2.57. The smallest absolute Gasteiger partial charge is 0.210 e. The Morgan fingerprint density at radius 3 is 2.88 bits per heavy atom. The molecular weight excluding hydrogens is 346 g/mol. The number of rotatable bonds is 7. The van der Waals surface area contributed by atoms with Gasteiger partial charge in [-0.1, -0.05) is 35.2 Å². The Morgan fingerprint density at radius 2 is 2.21 bits per heavy atom. The lowest BCUT2D eigenvalue weighted by Gasteiger charge is -2.07. The van der Waals surface area contributed by atoms with Crippen LogP contribution in [0.4, 0.5) is 10.8 Å². The van der Waals surface area contributed by atoms with Crippen molar-refractivity contribution in [3.05, 3.63) is 35.5 Å². The van der Waals surface area contributed by atoms with Crippen LogP contribution in [0.25, 0.3) is 0 Å². The molecule has 2 rings (SSSR count). The summed E-state index contributed by atoms with van der Waals surface area (Å²) in [6.45, 7) is 1.53. The summed E-state index contributed by atoms with van der Waals surface area (Å²) in [5.74, 6) is 0.456. The number of thioether (sulfide) groups is 1. The second kappa shape index (κ2) is 8.33. The van der Waals surface area contributed by atoms with Gasteiger partial charge < -0.3 is 15.8 Å². The first-order valence-electron chi connectivity index (χ1n) is 6.81. The molecule has 0 atom stereocenters. The molecule has 24 heavy (non-hydrogen) atoms. The van der Waals surface area contributed by atoms with Crippen molar-refractivity contribution >= 4 is 39.7 Å². The molecule has 1 aromatic carbocycles. The lowest BCUT2D eigenvalue weighted by atomic mass is 10.2. The van der Waals surface area contributed by atoms with Crippen LogP contribution in [0.2, 0.25) is 0 Å². The first kappa shape index (κ1) is 17.8. The summed E-state index contributed by atoms with van der Waals surface area (Å²) in [6, 6.07) is 9.27. The number of carbonyl (C=O) groups is 1. The highest BCUT2D eigenvalue weighted by Crippen LogP contribution is 2.31. The molecule has 7 nitrogen and oxygen atoms in total. The third kappa shape index (κ3) is 4.47. The highest BCUT2D eigenvalue weighted by molar-refractivity contribution is 8.01. The van der Waals surface area contributed by atoms with Gasteiger partial charge in [-0.15, -0.1) is 10.2 Å². The van der Waals surface area contributed by atoms with Crippen LogP contribution in [0.3, 0.4) is 0 Å². The summed E-state index contributed by atoms with van der Waals surface area (Å²) in [5.41, 5.74) is 6.50. The van der Waals surface area contributed by atoms with E-state index < -0.39 is 0 Å². The number of carbonyl (C=O) groups excluding carboxylic acids is 1. The van der Waals surface area contributed by atoms with Gasteiger partial charge >= 0.3 is 0 Å². The minimum atomic E-state index is -0.322. The molecule has 0 amide bonds. The minimum Gasteiger partial charge on any atom is -0.495 e. The number of hydrogen-bond donors (Lipinski definition) is 2. The summed E-state index contributed by atoms with van der Waals surface area (Å²) in [5, 5.41) is 20.7. The molecule has 0 fully saturated rings. The first-order chi connectivity index (χ1) is 11.5. The average molecular weight is 361 g/mol. The van der Waals surface area contributed by atoms with Crippen LogP contribution in [0.1, 0.15) is 6.92 Å². The van der Waals surface area contributed by atoms with Crippen molar-refractivity contribution in [2.75, 3.05) is 18.2 Å². The van der Waals surface area contributed by atoms with E-state index in [-0.39, 0.29) is 22.8 Å². The number of Topliss-reactive ketones (excluding diaryl/α,β-unsaturated/α-hetero) is 1. The summed E-state index contributed by atoms with van der Waals surface area (Å²) in [4.78, 5) is 11.9. The van der Waals surface area contributed by atoms with Crippen molar-refractivity contribution in [3.8, 4) is 11.8 Å². The fourth-order valence-corrected chi connectivity index (χ4v) is 3.39. The standard InChI is InChI=1S/C15H15N5O2S2/c1-9(17)10(7-16)12(21)8-23-15-20-19-14(24-15)18-11-5-3-4-6-13(11)22-2/h3-6H,8,17H2,1-2H3,(H,18,19)/b10-9-. The number of anilines is 2. The van der Waals surface area contributed by atoms with Gasteiger partial charge in [0.05, 0.1) is 18.6 Å². The lowest BCUT2D eigenvalue weighted by molar-refractivity contribution is -0.112. The molecule has 0 aliphatic heterocycles. The van der Waals surface area contributed by atoms with Gasteiger partial charge in [-0.25, -0.2) is 0 Å². The summed E-state index contributed by atoms with van der Waals surface area (Å²) < 4.78 is 5.88. The normalized spacial score (nSPS) is 11.4. The molecule has 0 spiro atoms. The quantitative estimate of drug-likeness (QED) is 0.439. The molecule has 0 aliphatic carbocycles. The van der Waals surface area contributed by atoms with Crippen molar-refractivity contribution in [1.82, 2.24) is 10.2 Å². The fourth-order valence-electron chi connectivity index (χ4n) is 1.75. The molecule has 0 saturated carbocycles. The first-order valence-corrected chi connectivity index (χ1v) is 8.61. The number of para-hydroxylation sites is 2. The Balaban J connectivity index is 2.00. The predicted molar refractivity (Wildman–Crippen MR) is 94.4 cm³/mol. The van der Waals surface area contributed by atoms with Crippen molar-refractivity contribution in [1.29, 1.82) is 5.26 Å². The molecule has 0 unspecified atom stereocenters. The highest BCUT2D eigenvalue weighted by atomic mass is 32.2. The summed E-state index contributed by atoms with van der Waals surface area (Å²) in [6.07, 6.45) is 0. The molecule has 3 N–H and O–H groups in total. The maximum atomic E-state index is 11.9. The monoisotopic (exact) mass is 361 g/mol. The van der Waals surface area contributed by atoms with Gasteiger partial charge in [0, 0.05) is 5.70 Å². The maximum absolute atomic E-state index is 11.9. The molecule has 9 heteroatoms. The number of benzene rings is 1. The molecule has 0 saturated heterocycles. The molecule has 2 aromatic rings. The molecule has 124 valence electrons. The lowest BCUT2D eigenvalue weighted by Crippen LogP contribution is -2.10. The molecule has 0 radical (unpaired) electrons. The van der Waals surface area contributed by atoms with Gasteiger partial charge in [0.25, 0.3) is 0 Å². The van der Waals surface area contributed by atoms with Crippen molar-refractivity contribution in [2.45, 2.75) is 11.3 Å². The number of allylic oxidation sites excluding steroid dienone is 2. The molecule has 1 aromatic heterocycles. The number of aromatic nitrogens is 2. The van der Waals surface area contributed by atoms with Gasteiger partial charge in [0.2, 0.25) is 5.13 Å². The van der Waals surface area contributed by atoms with E-state index in [2.05, 4.69) is 15.5 Å². The van der Waals surface area contributed by atoms with Gasteiger partial charge in [0.15, 0.2) is 10.1 Å². The average Bonchev–Trinajstić information content (AvgIpc) is 3.01. The van der Waals surface area contributed by atoms with Gasteiger partial charge in [-0.2, -0.15) is 5.26 Å². The van der Waals surface area contributed by atoms with E-state index in [1.54, 1.807) is 7.11 Å². The predicted octanol–water partition coefficient (Wildman–Crippen LogP) is 2.71. The number of nitrogens with two attached hydrogens (primary N) is 1. The number of methoxy groups -OCH3 is 1.